The summed E-state index contributed by atoms with van der Waals surface area (Å²) in [4.78, 5) is 61.3. The van der Waals surface area contributed by atoms with Gasteiger partial charge in [0.15, 0.2) is 17.3 Å². The molecule has 0 saturated heterocycles. The monoisotopic (exact) mass is 655 g/mol. The molecule has 2 N–H and O–H groups in total. The Kier molecular flexibility index (Phi) is 8.79. The molecule has 0 atom stereocenters. The predicted octanol–water partition coefficient (Wildman–Crippen LogP) is 5.27. The smallest absolute Gasteiger partial charge is 0.271 e. The molecule has 4 aromatic rings. The van der Waals surface area contributed by atoms with Crippen molar-refractivity contribution in [3.63, 3.8) is 0 Å². The van der Waals surface area contributed by atoms with Crippen LogP contribution in [0.3, 0.4) is 0 Å². The van der Waals surface area contributed by atoms with Gasteiger partial charge in [0.2, 0.25) is 0 Å². The molecule has 0 spiro atoms. The normalized spacial score (nSPS) is 12.3. The largest absolute Gasteiger partial charge is 0.621 e. The molecule has 5 rings (SSSR count). The van der Waals surface area contributed by atoms with Gasteiger partial charge in [-0.2, -0.15) is 10.5 Å². The van der Waals surface area contributed by atoms with Crippen molar-refractivity contribution in [2.75, 3.05) is 0 Å². The van der Waals surface area contributed by atoms with E-state index < -0.39 is 44.1 Å². The van der Waals surface area contributed by atoms with Crippen molar-refractivity contribution >= 4 is 34.1 Å². The Hall–Kier alpha value is -7.52. The Morgan fingerprint density at radius 1 is 0.729 bits per heavy atom. The number of hydrogen-bond acceptors (Lipinski definition) is 17. The Balaban J connectivity index is 1.69. The van der Waals surface area contributed by atoms with Crippen LogP contribution < -0.4 is 30.4 Å². The third kappa shape index (κ3) is 6.32. The topological polar surface area (TPSA) is 295 Å². The maximum atomic E-state index is 12.5. The fourth-order valence-corrected chi connectivity index (χ4v) is 4.01. The molecule has 0 unspecified atom stereocenters. The second-order valence-electron chi connectivity index (χ2n) is 9.27. The van der Waals surface area contributed by atoms with E-state index in [2.05, 4.69) is 30.4 Å². The van der Waals surface area contributed by atoms with Gasteiger partial charge in [0.05, 0.1) is 9.85 Å². The number of nitrogens with one attached hydrogen (secondary N) is 2. The highest BCUT2D eigenvalue weighted by Crippen LogP contribution is 2.39. The first-order valence-electron chi connectivity index (χ1n) is 12.9. The van der Waals surface area contributed by atoms with Crippen molar-refractivity contribution in [3.8, 4) is 35.4 Å². The molecule has 0 aliphatic carbocycles. The summed E-state index contributed by atoms with van der Waals surface area (Å²) in [5, 5.41) is 62.7. The van der Waals surface area contributed by atoms with Crippen LogP contribution in [0, 0.1) is 63.5 Å². The number of azo groups is 2. The van der Waals surface area contributed by atoms with E-state index in [9.17, 15) is 40.3 Å². The van der Waals surface area contributed by atoms with Gasteiger partial charge < -0.3 is 9.47 Å². The molecule has 0 fully saturated rings. The quantitative estimate of drug-likeness (QED) is 0.120. The lowest BCUT2D eigenvalue weighted by Gasteiger charge is -2.22. The number of benzene rings is 2. The van der Waals surface area contributed by atoms with Gasteiger partial charge in [-0.25, -0.2) is 0 Å². The fraction of sp³-hybridized carbons (Fsp3) is 0.0741. The second kappa shape index (κ2) is 13.2. The summed E-state index contributed by atoms with van der Waals surface area (Å²) in [5.74, 6) is -1.42. The van der Waals surface area contributed by atoms with Gasteiger partial charge >= 0.3 is 0 Å². The minimum Gasteiger partial charge on any atom is -0.621 e. The van der Waals surface area contributed by atoms with Crippen molar-refractivity contribution < 1.29 is 34.1 Å². The summed E-state index contributed by atoms with van der Waals surface area (Å²) in [6.45, 7) is 3.39. The summed E-state index contributed by atoms with van der Waals surface area (Å²) in [6, 6.07) is 9.71. The zero-order chi connectivity index (χ0) is 34.5. The number of non-ortho nitro benzene ring substituents is 2. The van der Waals surface area contributed by atoms with Crippen molar-refractivity contribution in [2.24, 2.45) is 20.5 Å². The number of nitro groups is 2. The van der Waals surface area contributed by atoms with Crippen LogP contribution in [0.1, 0.15) is 22.3 Å². The molecule has 21 nitrogen and oxygen atoms in total. The summed E-state index contributed by atoms with van der Waals surface area (Å²) >= 11 is 0. The maximum absolute atomic E-state index is 12.5. The molecule has 0 bridgehead atoms. The van der Waals surface area contributed by atoms with E-state index in [1.165, 1.54) is 13.8 Å². The van der Waals surface area contributed by atoms with Gasteiger partial charge in [-0.3, -0.25) is 49.6 Å². The van der Waals surface area contributed by atoms with Crippen molar-refractivity contribution in [3.05, 3.63) is 106 Å². The first-order chi connectivity index (χ1) is 23.0. The predicted molar refractivity (Wildman–Crippen MR) is 155 cm³/mol. The summed E-state index contributed by atoms with van der Waals surface area (Å²) in [6.07, 6.45) is 0. The van der Waals surface area contributed by atoms with Crippen LogP contribution in [-0.2, 0) is 5.04 Å². The second-order valence-corrected chi connectivity index (χ2v) is 9.27. The number of aromatic nitrogens is 2. The molecule has 1 aliphatic heterocycles. The molecule has 2 aromatic heterocycles. The summed E-state index contributed by atoms with van der Waals surface area (Å²) in [7, 11) is 0. The molecule has 0 amide bonds. The number of nitriles is 2. The van der Waals surface area contributed by atoms with Gasteiger partial charge in [0.25, 0.3) is 28.4 Å². The molecule has 0 saturated carbocycles. The van der Waals surface area contributed by atoms with Crippen LogP contribution in [0.4, 0.5) is 34.1 Å². The van der Waals surface area contributed by atoms with Crippen molar-refractivity contribution in [1.82, 2.24) is 9.97 Å². The average molecular weight is 655 g/mol. The average Bonchev–Trinajstić information content (AvgIpc) is 3.04. The third-order valence-corrected chi connectivity index (χ3v) is 6.43. The van der Waals surface area contributed by atoms with Gasteiger partial charge in [-0.1, -0.05) is 0 Å². The van der Waals surface area contributed by atoms with Gasteiger partial charge in [0, 0.05) is 47.2 Å². The van der Waals surface area contributed by atoms with E-state index in [4.69, 9.17) is 24.3 Å². The molecule has 0 radical (unpaired) electrons. The lowest BCUT2D eigenvalue weighted by atomic mass is 10.1. The van der Waals surface area contributed by atoms with Crippen LogP contribution in [0.5, 0.6) is 23.3 Å². The molecular formula is C27H15N10O11-. The number of hydrogen-bond donors (Lipinski definition) is 2. The van der Waals surface area contributed by atoms with E-state index in [-0.39, 0.29) is 56.5 Å². The Morgan fingerprint density at radius 2 is 1.23 bits per heavy atom. The first-order valence-corrected chi connectivity index (χ1v) is 12.9. The number of fused-ring (bicyclic) bond motifs is 4. The number of aromatic amines is 2. The van der Waals surface area contributed by atoms with Crippen LogP contribution in [0.2, 0.25) is 0 Å². The molecule has 2 aromatic carbocycles. The van der Waals surface area contributed by atoms with Crippen LogP contribution in [0.25, 0.3) is 0 Å². The molecule has 48 heavy (non-hydrogen) atoms. The SMILES string of the molecule is Cc1c2c([nH]c(=O)c1C#N)O[CH-]Oc1ccc([N+](=O)[O-])cc1N=Nc1c([nH]c(=O)c(C#N)c1C)OOOc1ccc([N+](=O)[O-])cc1N=N2. The minimum absolute atomic E-state index is 0.00668. The van der Waals surface area contributed by atoms with Crippen molar-refractivity contribution in [2.45, 2.75) is 13.8 Å². The van der Waals surface area contributed by atoms with Gasteiger partial charge in [0.1, 0.15) is 46.1 Å². The van der Waals surface area contributed by atoms with E-state index in [0.29, 0.717) is 6.79 Å². The van der Waals surface area contributed by atoms with Gasteiger partial charge in [-0.05, 0) is 26.0 Å². The van der Waals surface area contributed by atoms with Gasteiger partial charge in [-0.15, -0.1) is 20.5 Å². The van der Waals surface area contributed by atoms with Crippen LogP contribution in [-0.4, -0.2) is 19.8 Å². The number of rotatable bonds is 2. The minimum atomic E-state index is -0.908. The summed E-state index contributed by atoms with van der Waals surface area (Å²) in [5.41, 5.74) is -4.49. The lowest BCUT2D eigenvalue weighted by Crippen LogP contribution is -2.15. The molecule has 21 heteroatoms. The number of pyridine rings is 2. The number of ether oxygens (including phenoxy) is 2. The van der Waals surface area contributed by atoms with E-state index >= 15 is 0 Å². The van der Waals surface area contributed by atoms with Crippen LogP contribution >= 0.6 is 0 Å². The molecule has 240 valence electrons. The maximum Gasteiger partial charge on any atom is 0.271 e. The third-order valence-electron chi connectivity index (χ3n) is 6.43. The Bertz CT molecular complexity index is 2110. The number of H-pyrrole nitrogens is 2. The highest BCUT2D eigenvalue weighted by atomic mass is 17.5. The van der Waals surface area contributed by atoms with Crippen molar-refractivity contribution in [1.29, 1.82) is 10.5 Å². The summed E-state index contributed by atoms with van der Waals surface area (Å²) < 4.78 is 11.0. The molecule has 1 aliphatic rings. The Morgan fingerprint density at radius 3 is 1.77 bits per heavy atom. The standard InChI is InChI=1S/C27H15N10O11/c1-12-16(9-28)24(38)30-26-22(12)34-33-19-8-15(37(42)43)4-6-21(19)46-48-47-27-23(13(2)17(10-29)25(39)31-27)35-32-18-7-14(36(40)41)3-5-20(18)44-11-45-26/h3-8,11H,1-2H3,(H,30,38)(H,31,39)/q-1. The van der Waals surface area contributed by atoms with E-state index in [1.807, 2.05) is 0 Å². The lowest BCUT2D eigenvalue weighted by molar-refractivity contribution is -0.412. The number of nitro benzene ring substituents is 2. The highest BCUT2D eigenvalue weighted by Gasteiger charge is 2.21. The van der Waals surface area contributed by atoms with E-state index in [0.717, 1.165) is 36.4 Å². The highest BCUT2D eigenvalue weighted by molar-refractivity contribution is 5.63. The molecular weight excluding hydrogens is 640 g/mol. The fourth-order valence-electron chi connectivity index (χ4n) is 4.01. The zero-order valence-corrected chi connectivity index (χ0v) is 24.1. The molecule has 3 heterocycles. The Labute approximate surface area is 265 Å². The van der Waals surface area contributed by atoms with E-state index in [1.54, 1.807) is 12.1 Å². The number of nitrogens with zero attached hydrogens (tertiary/aromatic N) is 8. The first kappa shape index (κ1) is 31.9. The van der Waals surface area contributed by atoms with Crippen LogP contribution in [0.15, 0.2) is 66.4 Å². The zero-order valence-electron chi connectivity index (χ0n) is 24.1.